The van der Waals surface area contributed by atoms with Gasteiger partial charge in [0.05, 0.1) is 5.69 Å². The molecule has 0 radical (unpaired) electrons. The van der Waals surface area contributed by atoms with Gasteiger partial charge >= 0.3 is 12.1 Å². The SMILES string of the molecule is CC(C)(C)c1ccc(N2C(=O)N(Cc3ccnc(NC(=O)NC4CCCCC4)c3)C(C)(C)C2=O)cc1. The number of pyridine rings is 1. The van der Waals surface area contributed by atoms with Crippen LogP contribution in [0.25, 0.3) is 0 Å². The van der Waals surface area contributed by atoms with Crippen LogP contribution >= 0.6 is 0 Å². The molecule has 1 aromatic heterocycles. The topological polar surface area (TPSA) is 94.6 Å². The van der Waals surface area contributed by atoms with Crippen LogP contribution in [-0.2, 0) is 16.8 Å². The summed E-state index contributed by atoms with van der Waals surface area (Å²) < 4.78 is 0. The van der Waals surface area contributed by atoms with Crippen LogP contribution in [0.1, 0.15) is 77.8 Å². The number of rotatable bonds is 5. The van der Waals surface area contributed by atoms with E-state index in [1.54, 1.807) is 37.1 Å². The van der Waals surface area contributed by atoms with Gasteiger partial charge in [-0.25, -0.2) is 19.5 Å². The smallest absolute Gasteiger partial charge is 0.332 e. The van der Waals surface area contributed by atoms with Gasteiger partial charge in [-0.1, -0.05) is 52.2 Å². The summed E-state index contributed by atoms with van der Waals surface area (Å²) in [6.07, 6.45) is 7.08. The normalized spacial score (nSPS) is 18.5. The van der Waals surface area contributed by atoms with Gasteiger partial charge < -0.3 is 10.2 Å². The number of hydrogen-bond donors (Lipinski definition) is 2. The van der Waals surface area contributed by atoms with Gasteiger partial charge in [0.2, 0.25) is 0 Å². The minimum absolute atomic E-state index is 0.0245. The van der Waals surface area contributed by atoms with E-state index in [1.165, 1.54) is 11.3 Å². The summed E-state index contributed by atoms with van der Waals surface area (Å²) in [6, 6.07) is 10.7. The van der Waals surface area contributed by atoms with Gasteiger partial charge in [0.1, 0.15) is 11.4 Å². The fourth-order valence-corrected chi connectivity index (χ4v) is 4.85. The molecule has 8 heteroatoms. The summed E-state index contributed by atoms with van der Waals surface area (Å²) in [7, 11) is 0. The van der Waals surface area contributed by atoms with Crippen LogP contribution in [0.3, 0.4) is 0 Å². The maximum Gasteiger partial charge on any atom is 0.332 e. The lowest BCUT2D eigenvalue weighted by Crippen LogP contribution is -2.43. The molecule has 0 unspecified atom stereocenters. The lowest BCUT2D eigenvalue weighted by molar-refractivity contribution is -0.123. The minimum Gasteiger partial charge on any atom is -0.335 e. The van der Waals surface area contributed by atoms with E-state index in [9.17, 15) is 14.4 Å². The predicted octanol–water partition coefficient (Wildman–Crippen LogP) is 5.58. The van der Waals surface area contributed by atoms with Gasteiger partial charge in [0, 0.05) is 18.8 Å². The molecule has 36 heavy (non-hydrogen) atoms. The molecule has 2 heterocycles. The molecule has 4 rings (SSSR count). The fourth-order valence-electron chi connectivity index (χ4n) is 4.85. The Morgan fingerprint density at radius 2 is 1.72 bits per heavy atom. The summed E-state index contributed by atoms with van der Waals surface area (Å²) in [5.74, 6) is 0.140. The molecule has 2 aromatic rings. The van der Waals surface area contributed by atoms with Crippen LogP contribution in [0, 0.1) is 0 Å². The molecule has 2 fully saturated rings. The largest absolute Gasteiger partial charge is 0.335 e. The highest BCUT2D eigenvalue weighted by atomic mass is 16.2. The average molecular weight is 492 g/mol. The van der Waals surface area contributed by atoms with Crippen molar-refractivity contribution in [1.29, 1.82) is 0 Å². The number of carbonyl (C=O) groups excluding carboxylic acids is 3. The Morgan fingerprint density at radius 3 is 2.36 bits per heavy atom. The minimum atomic E-state index is -1.02. The Hall–Kier alpha value is -3.42. The van der Waals surface area contributed by atoms with Crippen LogP contribution in [-0.4, -0.2) is 39.4 Å². The van der Waals surface area contributed by atoms with E-state index < -0.39 is 5.54 Å². The molecule has 8 nitrogen and oxygen atoms in total. The van der Waals surface area contributed by atoms with Crippen molar-refractivity contribution in [3.63, 3.8) is 0 Å². The van der Waals surface area contributed by atoms with Crippen molar-refractivity contribution in [2.24, 2.45) is 0 Å². The molecule has 0 atom stereocenters. The zero-order valence-corrected chi connectivity index (χ0v) is 21.9. The molecule has 1 aliphatic carbocycles. The number of nitrogens with zero attached hydrogens (tertiary/aromatic N) is 3. The molecule has 2 N–H and O–H groups in total. The van der Waals surface area contributed by atoms with Crippen molar-refractivity contribution in [3.05, 3.63) is 53.7 Å². The lowest BCUT2D eigenvalue weighted by atomic mass is 9.87. The number of aromatic nitrogens is 1. The maximum atomic E-state index is 13.4. The van der Waals surface area contributed by atoms with Crippen LogP contribution in [0.5, 0.6) is 0 Å². The number of benzene rings is 1. The molecule has 1 saturated heterocycles. The van der Waals surface area contributed by atoms with Crippen LogP contribution < -0.4 is 15.5 Å². The summed E-state index contributed by atoms with van der Waals surface area (Å²) in [5, 5.41) is 5.82. The first-order chi connectivity index (χ1) is 17.0. The van der Waals surface area contributed by atoms with E-state index in [4.69, 9.17) is 0 Å². The highest BCUT2D eigenvalue weighted by Crippen LogP contribution is 2.34. The first kappa shape index (κ1) is 25.7. The summed E-state index contributed by atoms with van der Waals surface area (Å²) in [5.41, 5.74) is 1.42. The third-order valence-corrected chi connectivity index (χ3v) is 7.16. The summed E-state index contributed by atoms with van der Waals surface area (Å²) in [6.45, 7) is 10.1. The Labute approximate surface area is 213 Å². The Bertz CT molecular complexity index is 1130. The number of amides is 5. The molecule has 1 saturated carbocycles. The quantitative estimate of drug-likeness (QED) is 0.534. The first-order valence-electron chi connectivity index (χ1n) is 12.8. The number of urea groups is 2. The summed E-state index contributed by atoms with van der Waals surface area (Å²) >= 11 is 0. The lowest BCUT2D eigenvalue weighted by Gasteiger charge is -2.27. The van der Waals surface area contributed by atoms with Crippen LogP contribution in [0.15, 0.2) is 42.6 Å². The number of imide groups is 1. The second-order valence-electron chi connectivity index (χ2n) is 11.3. The monoisotopic (exact) mass is 491 g/mol. The van der Waals surface area contributed by atoms with Crippen LogP contribution in [0.4, 0.5) is 21.1 Å². The standard InChI is InChI=1S/C28H37N5O3/c1-27(2,3)20-11-13-22(14-12-20)33-24(34)28(4,5)32(26(33)36)18-19-15-16-29-23(17-19)31-25(35)30-21-9-7-6-8-10-21/h11-17,21H,6-10,18H2,1-5H3,(H2,29,30,31,35). The first-order valence-corrected chi connectivity index (χ1v) is 12.8. The van der Waals surface area contributed by atoms with Gasteiger partial charge in [-0.3, -0.25) is 10.1 Å². The molecule has 0 bridgehead atoms. The van der Waals surface area contributed by atoms with Crippen molar-refractivity contribution in [2.75, 3.05) is 10.2 Å². The van der Waals surface area contributed by atoms with Crippen LogP contribution in [0.2, 0.25) is 0 Å². The molecular weight excluding hydrogens is 454 g/mol. The van der Waals surface area contributed by atoms with E-state index in [0.717, 1.165) is 36.8 Å². The van der Waals surface area contributed by atoms with E-state index in [2.05, 4.69) is 36.4 Å². The van der Waals surface area contributed by atoms with Crippen molar-refractivity contribution < 1.29 is 14.4 Å². The fraction of sp³-hybridized carbons (Fsp3) is 0.500. The molecule has 192 valence electrons. The highest BCUT2D eigenvalue weighted by molar-refractivity contribution is 6.22. The third kappa shape index (κ3) is 5.37. The predicted molar refractivity (Wildman–Crippen MR) is 141 cm³/mol. The molecule has 2 aliphatic rings. The van der Waals surface area contributed by atoms with Crippen molar-refractivity contribution >= 4 is 29.5 Å². The van der Waals surface area contributed by atoms with E-state index in [1.807, 2.05) is 24.3 Å². The zero-order valence-electron chi connectivity index (χ0n) is 21.9. The second-order valence-corrected chi connectivity index (χ2v) is 11.3. The molecule has 1 aromatic carbocycles. The van der Waals surface area contributed by atoms with Crippen molar-refractivity contribution in [1.82, 2.24) is 15.2 Å². The highest BCUT2D eigenvalue weighted by Gasteiger charge is 2.51. The van der Waals surface area contributed by atoms with Gasteiger partial charge in [-0.05, 0) is 67.5 Å². The van der Waals surface area contributed by atoms with Gasteiger partial charge in [-0.2, -0.15) is 0 Å². The van der Waals surface area contributed by atoms with Crippen molar-refractivity contribution in [3.8, 4) is 0 Å². The van der Waals surface area contributed by atoms with Crippen molar-refractivity contribution in [2.45, 2.75) is 90.3 Å². The van der Waals surface area contributed by atoms with Gasteiger partial charge in [0.15, 0.2) is 0 Å². The Balaban J connectivity index is 1.47. The molecule has 0 spiro atoms. The zero-order chi connectivity index (χ0) is 26.1. The average Bonchev–Trinajstić information content (AvgIpc) is 2.98. The van der Waals surface area contributed by atoms with E-state index >= 15 is 0 Å². The molecular formula is C28H37N5O3. The Kier molecular flexibility index (Phi) is 7.07. The number of carbonyl (C=O) groups is 3. The summed E-state index contributed by atoms with van der Waals surface area (Å²) in [4.78, 5) is 46.3. The number of anilines is 2. The third-order valence-electron chi connectivity index (χ3n) is 7.16. The van der Waals surface area contributed by atoms with E-state index in [-0.39, 0.29) is 36.0 Å². The number of nitrogens with one attached hydrogen (secondary N) is 2. The van der Waals surface area contributed by atoms with Gasteiger partial charge in [0.25, 0.3) is 5.91 Å². The molecule has 5 amide bonds. The Morgan fingerprint density at radius 1 is 1.06 bits per heavy atom. The number of hydrogen-bond acceptors (Lipinski definition) is 4. The second kappa shape index (κ2) is 9.91. The molecule has 1 aliphatic heterocycles. The van der Waals surface area contributed by atoms with E-state index in [0.29, 0.717) is 11.5 Å². The van der Waals surface area contributed by atoms with Gasteiger partial charge in [-0.15, -0.1) is 0 Å². The maximum absolute atomic E-state index is 13.4.